The Morgan fingerprint density at radius 3 is 2.34 bits per heavy atom. The van der Waals surface area contributed by atoms with E-state index in [1.165, 1.54) is 24.3 Å². The monoisotopic (exact) mass is 436 g/mol. The Morgan fingerprint density at radius 2 is 1.69 bits per heavy atom. The average molecular weight is 436 g/mol. The highest BCUT2D eigenvalue weighted by molar-refractivity contribution is 5.95. The minimum absolute atomic E-state index is 0.0709. The molecule has 3 atom stereocenters. The smallest absolute Gasteiger partial charge is 0.325 e. The highest BCUT2D eigenvalue weighted by Crippen LogP contribution is 2.44. The van der Waals surface area contributed by atoms with Gasteiger partial charge in [0.1, 0.15) is 17.3 Å². The number of amides is 2. The number of rotatable bonds is 6. The summed E-state index contributed by atoms with van der Waals surface area (Å²) in [4.78, 5) is 16.5. The maximum Gasteiger partial charge on any atom is 0.325 e. The topological polar surface area (TPSA) is 84.2 Å². The number of aliphatic hydroxyl groups excluding tert-OH is 1. The number of aromatic hydroxyl groups is 2. The molecule has 1 aliphatic rings. The summed E-state index contributed by atoms with van der Waals surface area (Å²) in [6, 6.07) is 18.1. The van der Waals surface area contributed by atoms with Crippen molar-refractivity contribution in [1.82, 2.24) is 4.90 Å². The number of benzene rings is 3. The van der Waals surface area contributed by atoms with Crippen molar-refractivity contribution < 1.29 is 24.5 Å². The van der Waals surface area contributed by atoms with Gasteiger partial charge in [0.2, 0.25) is 0 Å². The number of phenolic OH excluding ortho intramolecular Hbond substituents is 2. The summed E-state index contributed by atoms with van der Waals surface area (Å²) in [5, 5.41) is 31.0. The van der Waals surface area contributed by atoms with Crippen LogP contribution < -0.4 is 4.90 Å². The van der Waals surface area contributed by atoms with Crippen molar-refractivity contribution in [3.05, 3.63) is 89.7 Å². The second-order valence-electron chi connectivity index (χ2n) is 8.00. The predicted octanol–water partition coefficient (Wildman–Crippen LogP) is 4.73. The third-order valence-electron chi connectivity index (χ3n) is 6.01. The molecule has 3 aromatic rings. The van der Waals surface area contributed by atoms with E-state index in [1.54, 1.807) is 35.0 Å². The first-order valence-electron chi connectivity index (χ1n) is 10.4. The molecule has 3 N–H and O–H groups in total. The van der Waals surface area contributed by atoms with Crippen molar-refractivity contribution in [3.63, 3.8) is 0 Å². The van der Waals surface area contributed by atoms with Crippen LogP contribution in [0.4, 0.5) is 14.9 Å². The SMILES string of the molecule is CN1C(=O)N(c2ccccc2)[C@H](c2ccc(O)cc2O)[C@@H]1CCC(O)c1ccc(F)cc1. The normalized spacial score (nSPS) is 19.4. The summed E-state index contributed by atoms with van der Waals surface area (Å²) in [6.45, 7) is 0. The Balaban J connectivity index is 1.67. The van der Waals surface area contributed by atoms with E-state index in [2.05, 4.69) is 0 Å². The van der Waals surface area contributed by atoms with Crippen molar-refractivity contribution in [1.29, 1.82) is 0 Å². The van der Waals surface area contributed by atoms with Gasteiger partial charge in [0.25, 0.3) is 0 Å². The van der Waals surface area contributed by atoms with E-state index in [0.717, 1.165) is 0 Å². The lowest BCUT2D eigenvalue weighted by molar-refractivity contribution is 0.148. The van der Waals surface area contributed by atoms with E-state index >= 15 is 0 Å². The lowest BCUT2D eigenvalue weighted by atomic mass is 9.92. The van der Waals surface area contributed by atoms with Crippen LogP contribution in [0.25, 0.3) is 0 Å². The number of nitrogens with zero attached hydrogens (tertiary/aromatic N) is 2. The molecule has 1 fully saturated rings. The van der Waals surface area contributed by atoms with Crippen LogP contribution in [0.3, 0.4) is 0 Å². The van der Waals surface area contributed by atoms with Gasteiger partial charge in [0.15, 0.2) is 0 Å². The Hall–Kier alpha value is -3.58. The number of phenols is 2. The average Bonchev–Trinajstić information content (AvgIpc) is 3.03. The van der Waals surface area contributed by atoms with E-state index in [-0.39, 0.29) is 29.4 Å². The number of para-hydroxylation sites is 1. The molecule has 0 spiro atoms. The zero-order valence-electron chi connectivity index (χ0n) is 17.6. The molecule has 7 heteroatoms. The standard InChI is InChI=1S/C25H25FN2O4/c1-27-21(13-14-22(30)16-7-9-17(26)10-8-16)24(20-12-11-19(29)15-23(20)31)28(25(27)32)18-5-3-2-4-6-18/h2-12,15,21-22,24,29-31H,13-14H2,1H3/t21-,22?,24+/m0/s1. The molecule has 4 rings (SSSR count). The molecule has 3 aromatic carbocycles. The number of carbonyl (C=O) groups excluding carboxylic acids is 1. The van der Waals surface area contributed by atoms with E-state index < -0.39 is 12.1 Å². The van der Waals surface area contributed by atoms with Crippen molar-refractivity contribution >= 4 is 11.7 Å². The molecule has 0 aromatic heterocycles. The number of halogens is 1. The first kappa shape index (κ1) is 21.6. The van der Waals surface area contributed by atoms with Crippen LogP contribution in [0, 0.1) is 5.82 Å². The number of aliphatic hydroxyl groups is 1. The van der Waals surface area contributed by atoms with Crippen LogP contribution >= 0.6 is 0 Å². The maximum absolute atomic E-state index is 13.2. The van der Waals surface area contributed by atoms with Gasteiger partial charge in [0, 0.05) is 24.4 Å². The van der Waals surface area contributed by atoms with Gasteiger partial charge in [0.05, 0.1) is 18.2 Å². The molecule has 0 bridgehead atoms. The summed E-state index contributed by atoms with van der Waals surface area (Å²) < 4.78 is 13.2. The lowest BCUT2D eigenvalue weighted by Crippen LogP contribution is -2.31. The van der Waals surface area contributed by atoms with Gasteiger partial charge < -0.3 is 20.2 Å². The van der Waals surface area contributed by atoms with Gasteiger partial charge in [-0.05, 0) is 54.8 Å². The molecule has 0 saturated carbocycles. The van der Waals surface area contributed by atoms with E-state index in [1.807, 2.05) is 30.3 Å². The van der Waals surface area contributed by atoms with Crippen LogP contribution in [-0.2, 0) is 0 Å². The summed E-state index contributed by atoms with van der Waals surface area (Å²) in [6.07, 6.45) is -0.0417. The number of hydrogen-bond donors (Lipinski definition) is 3. The Kier molecular flexibility index (Phi) is 6.01. The Labute approximate surface area is 185 Å². The van der Waals surface area contributed by atoms with Crippen molar-refractivity contribution in [3.8, 4) is 11.5 Å². The highest BCUT2D eigenvalue weighted by Gasteiger charge is 2.46. The largest absolute Gasteiger partial charge is 0.508 e. The van der Waals surface area contributed by atoms with Gasteiger partial charge >= 0.3 is 6.03 Å². The minimum Gasteiger partial charge on any atom is -0.508 e. The number of urea groups is 1. The molecule has 1 saturated heterocycles. The van der Waals surface area contributed by atoms with E-state index in [4.69, 9.17) is 0 Å². The summed E-state index contributed by atoms with van der Waals surface area (Å²) in [5.41, 5.74) is 1.79. The van der Waals surface area contributed by atoms with Gasteiger partial charge in [-0.2, -0.15) is 0 Å². The van der Waals surface area contributed by atoms with Crippen molar-refractivity contribution in [2.75, 3.05) is 11.9 Å². The van der Waals surface area contributed by atoms with Crippen LogP contribution in [0.15, 0.2) is 72.8 Å². The first-order chi connectivity index (χ1) is 15.4. The van der Waals surface area contributed by atoms with Gasteiger partial charge in [-0.3, -0.25) is 4.90 Å². The number of carbonyl (C=O) groups is 1. The summed E-state index contributed by atoms with van der Waals surface area (Å²) in [5.74, 6) is -0.551. The molecule has 0 radical (unpaired) electrons. The van der Waals surface area contributed by atoms with Crippen LogP contribution in [-0.4, -0.2) is 39.3 Å². The second-order valence-corrected chi connectivity index (χ2v) is 8.00. The van der Waals surface area contributed by atoms with E-state index in [9.17, 15) is 24.5 Å². The third kappa shape index (κ3) is 4.11. The van der Waals surface area contributed by atoms with Crippen molar-refractivity contribution in [2.24, 2.45) is 0 Å². The maximum atomic E-state index is 13.2. The minimum atomic E-state index is -0.820. The predicted molar refractivity (Wildman–Crippen MR) is 119 cm³/mol. The Morgan fingerprint density at radius 1 is 1.00 bits per heavy atom. The molecule has 1 unspecified atom stereocenters. The molecule has 1 heterocycles. The van der Waals surface area contributed by atoms with Gasteiger partial charge in [-0.15, -0.1) is 0 Å². The molecule has 0 aliphatic carbocycles. The third-order valence-corrected chi connectivity index (χ3v) is 6.01. The van der Waals surface area contributed by atoms with Crippen LogP contribution in [0.2, 0.25) is 0 Å². The van der Waals surface area contributed by atoms with Crippen molar-refractivity contribution in [2.45, 2.75) is 31.0 Å². The molecule has 166 valence electrons. The Bertz CT molecular complexity index is 1090. The fraction of sp³-hybridized carbons (Fsp3) is 0.240. The van der Waals surface area contributed by atoms with E-state index in [0.29, 0.717) is 29.7 Å². The number of anilines is 1. The molecule has 32 heavy (non-hydrogen) atoms. The number of hydrogen-bond acceptors (Lipinski definition) is 4. The fourth-order valence-corrected chi connectivity index (χ4v) is 4.33. The lowest BCUT2D eigenvalue weighted by Gasteiger charge is -2.29. The summed E-state index contributed by atoms with van der Waals surface area (Å²) >= 11 is 0. The quantitative estimate of drug-likeness (QED) is 0.522. The van der Waals surface area contributed by atoms with Crippen LogP contribution in [0.5, 0.6) is 11.5 Å². The molecule has 2 amide bonds. The molecular formula is C25H25FN2O4. The zero-order valence-corrected chi connectivity index (χ0v) is 17.6. The molecule has 1 aliphatic heterocycles. The fourth-order valence-electron chi connectivity index (χ4n) is 4.33. The molecular weight excluding hydrogens is 411 g/mol. The highest BCUT2D eigenvalue weighted by atomic mass is 19.1. The first-order valence-corrected chi connectivity index (χ1v) is 10.4. The van der Waals surface area contributed by atoms with Gasteiger partial charge in [-0.25, -0.2) is 9.18 Å². The van der Waals surface area contributed by atoms with Crippen LogP contribution in [0.1, 0.15) is 36.1 Å². The second kappa shape index (κ2) is 8.88. The summed E-state index contributed by atoms with van der Waals surface area (Å²) in [7, 11) is 1.70. The van der Waals surface area contributed by atoms with Gasteiger partial charge in [-0.1, -0.05) is 30.3 Å². The number of likely N-dealkylation sites (N-methyl/N-ethyl adjacent to an activating group) is 1. The zero-order chi connectivity index (χ0) is 22.8. The molecule has 6 nitrogen and oxygen atoms in total.